The fourth-order valence-corrected chi connectivity index (χ4v) is 4.55. The maximum atomic E-state index is 13.5. The number of hydrogen-bond acceptors (Lipinski definition) is 8. The van der Waals surface area contributed by atoms with Crippen molar-refractivity contribution in [1.82, 2.24) is 4.57 Å². The zero-order valence-electron chi connectivity index (χ0n) is 19.2. The molecule has 186 valence electrons. The second-order valence-electron chi connectivity index (χ2n) is 8.53. The summed E-state index contributed by atoms with van der Waals surface area (Å²) in [5, 5.41) is 49.8. The van der Waals surface area contributed by atoms with Crippen molar-refractivity contribution in [3.8, 4) is 5.75 Å². The van der Waals surface area contributed by atoms with Crippen LogP contribution in [0.15, 0.2) is 42.5 Å². The average Bonchev–Trinajstić information content (AvgIpc) is 3.12. The first-order chi connectivity index (χ1) is 16.7. The van der Waals surface area contributed by atoms with Gasteiger partial charge >= 0.3 is 5.97 Å². The minimum atomic E-state index is -1.51. The van der Waals surface area contributed by atoms with Gasteiger partial charge in [0.15, 0.2) is 0 Å². The van der Waals surface area contributed by atoms with Crippen LogP contribution in [0.3, 0.4) is 0 Å². The topological polar surface area (TPSA) is 159 Å². The number of aliphatic hydroxyl groups is 4. The quantitative estimate of drug-likeness (QED) is 0.340. The monoisotopic (exact) mass is 485 g/mol. The predicted octanol–water partition coefficient (Wildman–Crippen LogP) is 0.789. The highest BCUT2D eigenvalue weighted by molar-refractivity contribution is 6.05. The van der Waals surface area contributed by atoms with Crippen LogP contribution in [-0.2, 0) is 16.0 Å². The molecule has 5 N–H and O–H groups in total. The summed E-state index contributed by atoms with van der Waals surface area (Å²) in [4.78, 5) is 24.9. The average molecular weight is 485 g/mol. The Morgan fingerprint density at radius 1 is 1.03 bits per heavy atom. The van der Waals surface area contributed by atoms with E-state index in [1.807, 2.05) is 0 Å². The molecule has 1 aliphatic heterocycles. The Morgan fingerprint density at radius 3 is 2.31 bits per heavy atom. The lowest BCUT2D eigenvalue weighted by molar-refractivity contribution is -0.231. The van der Waals surface area contributed by atoms with E-state index in [0.717, 1.165) is 0 Å². The van der Waals surface area contributed by atoms with Gasteiger partial charge in [0.05, 0.1) is 25.7 Å². The summed E-state index contributed by atoms with van der Waals surface area (Å²) in [6.07, 6.45) is -6.72. The van der Waals surface area contributed by atoms with Gasteiger partial charge in [-0.3, -0.25) is 14.2 Å². The molecule has 0 saturated carbocycles. The standard InChI is InChI=1S/C25H27NO9/c1-12-16(10-20(28)29)17-9-15(34-2)7-8-18(17)26(12)25(33)14-5-3-13(4-6-14)24-23(32)22(31)21(30)19(11-27)35-24/h3-9,19,21-24,27,30-32H,10-11H2,1-2H3,(H,28,29)/t19-,21-,22+,23+,24-/m1/s1. The van der Waals surface area contributed by atoms with Crippen LogP contribution in [0.4, 0.5) is 0 Å². The molecule has 3 aromatic rings. The van der Waals surface area contributed by atoms with E-state index in [-0.39, 0.29) is 12.3 Å². The van der Waals surface area contributed by atoms with Crippen molar-refractivity contribution < 1.29 is 44.6 Å². The lowest BCUT2D eigenvalue weighted by Crippen LogP contribution is -2.55. The fourth-order valence-electron chi connectivity index (χ4n) is 4.55. The molecule has 1 aromatic heterocycles. The zero-order valence-corrected chi connectivity index (χ0v) is 19.2. The minimum Gasteiger partial charge on any atom is -0.497 e. The molecule has 0 amide bonds. The molecule has 10 heteroatoms. The van der Waals surface area contributed by atoms with E-state index in [1.165, 1.54) is 23.8 Å². The maximum absolute atomic E-state index is 13.5. The van der Waals surface area contributed by atoms with E-state index in [9.17, 15) is 35.1 Å². The molecule has 35 heavy (non-hydrogen) atoms. The van der Waals surface area contributed by atoms with Crippen molar-refractivity contribution in [2.24, 2.45) is 0 Å². The van der Waals surface area contributed by atoms with Crippen LogP contribution in [0, 0.1) is 6.92 Å². The number of fused-ring (bicyclic) bond motifs is 1. The zero-order chi connectivity index (χ0) is 25.4. The lowest BCUT2D eigenvalue weighted by Gasteiger charge is -2.40. The Kier molecular flexibility index (Phi) is 6.93. The smallest absolute Gasteiger partial charge is 0.307 e. The number of ether oxygens (including phenoxy) is 2. The Morgan fingerprint density at radius 2 is 1.71 bits per heavy atom. The molecule has 0 radical (unpaired) electrons. The summed E-state index contributed by atoms with van der Waals surface area (Å²) in [6.45, 7) is 1.15. The highest BCUT2D eigenvalue weighted by atomic mass is 16.5. The molecule has 4 rings (SSSR count). The van der Waals surface area contributed by atoms with Gasteiger partial charge in [0, 0.05) is 16.6 Å². The van der Waals surface area contributed by atoms with Crippen LogP contribution < -0.4 is 4.74 Å². The predicted molar refractivity (Wildman–Crippen MR) is 123 cm³/mol. The summed E-state index contributed by atoms with van der Waals surface area (Å²) in [5.74, 6) is -0.862. The molecule has 1 fully saturated rings. The SMILES string of the molecule is COc1ccc2c(c1)c(CC(=O)O)c(C)n2C(=O)c1ccc([C@H]2O[C@H](CO)[C@@H](O)[C@H](O)[C@@H]2O)cc1. The number of aromatic nitrogens is 1. The van der Waals surface area contributed by atoms with Gasteiger partial charge < -0.3 is 35.0 Å². The highest BCUT2D eigenvalue weighted by Crippen LogP contribution is 2.33. The van der Waals surface area contributed by atoms with Gasteiger partial charge in [-0.1, -0.05) is 12.1 Å². The largest absolute Gasteiger partial charge is 0.497 e. The number of carboxylic acids is 1. The highest BCUT2D eigenvalue weighted by Gasteiger charge is 2.43. The van der Waals surface area contributed by atoms with Crippen molar-refractivity contribution in [2.45, 2.75) is 43.9 Å². The second kappa shape index (κ2) is 9.76. The molecule has 5 atom stereocenters. The summed E-state index contributed by atoms with van der Waals surface area (Å²) >= 11 is 0. The van der Waals surface area contributed by atoms with E-state index in [0.29, 0.717) is 39.0 Å². The summed E-state index contributed by atoms with van der Waals surface area (Å²) in [5.41, 5.74) is 2.30. The first-order valence-corrected chi connectivity index (χ1v) is 11.0. The van der Waals surface area contributed by atoms with Crippen LogP contribution in [0.1, 0.15) is 33.3 Å². The van der Waals surface area contributed by atoms with Gasteiger partial charge in [0.1, 0.15) is 36.3 Å². The number of hydrogen-bond donors (Lipinski definition) is 5. The molecule has 0 spiro atoms. The van der Waals surface area contributed by atoms with Crippen molar-refractivity contribution in [1.29, 1.82) is 0 Å². The number of aliphatic carboxylic acids is 1. The Labute approximate surface area is 200 Å². The molecule has 0 aliphatic carbocycles. The van der Waals surface area contributed by atoms with Crippen LogP contribution in [0.2, 0.25) is 0 Å². The fraction of sp³-hybridized carbons (Fsp3) is 0.360. The van der Waals surface area contributed by atoms with Crippen molar-refractivity contribution in [2.75, 3.05) is 13.7 Å². The van der Waals surface area contributed by atoms with Gasteiger partial charge in [0.25, 0.3) is 5.91 Å². The Balaban J connectivity index is 1.69. The van der Waals surface area contributed by atoms with E-state index in [1.54, 1.807) is 37.3 Å². The number of methoxy groups -OCH3 is 1. The minimum absolute atomic E-state index is 0.258. The second-order valence-corrected chi connectivity index (χ2v) is 8.53. The lowest BCUT2D eigenvalue weighted by atomic mass is 9.91. The Hall–Kier alpha value is -3.28. The number of carboxylic acid groups (broad SMARTS) is 1. The first kappa shape index (κ1) is 24.8. The number of nitrogens with zero attached hydrogens (tertiary/aromatic N) is 1. The number of rotatable bonds is 6. The molecule has 0 bridgehead atoms. The Bertz CT molecular complexity index is 1250. The summed E-state index contributed by atoms with van der Waals surface area (Å²) in [6, 6.07) is 11.3. The van der Waals surface area contributed by atoms with Crippen molar-refractivity contribution >= 4 is 22.8 Å². The normalized spacial score (nSPS) is 24.5. The third-order valence-electron chi connectivity index (χ3n) is 6.45. The van der Waals surface area contributed by atoms with Crippen LogP contribution in [0.25, 0.3) is 10.9 Å². The maximum Gasteiger partial charge on any atom is 0.307 e. The van der Waals surface area contributed by atoms with Gasteiger partial charge in [-0.2, -0.15) is 0 Å². The molecular weight excluding hydrogens is 458 g/mol. The molecule has 1 saturated heterocycles. The summed E-state index contributed by atoms with van der Waals surface area (Å²) < 4.78 is 12.3. The van der Waals surface area contributed by atoms with Crippen LogP contribution >= 0.6 is 0 Å². The molecule has 10 nitrogen and oxygen atoms in total. The van der Waals surface area contributed by atoms with Gasteiger partial charge in [-0.05, 0) is 48.4 Å². The first-order valence-electron chi connectivity index (χ1n) is 11.0. The number of aliphatic hydroxyl groups excluding tert-OH is 4. The van der Waals surface area contributed by atoms with Crippen molar-refractivity contribution in [3.63, 3.8) is 0 Å². The summed E-state index contributed by atoms with van der Waals surface area (Å²) in [7, 11) is 1.50. The van der Waals surface area contributed by atoms with Crippen molar-refractivity contribution in [3.05, 3.63) is 64.8 Å². The van der Waals surface area contributed by atoms with E-state index in [4.69, 9.17) is 9.47 Å². The number of benzene rings is 2. The number of carbonyl (C=O) groups is 2. The van der Waals surface area contributed by atoms with Crippen LogP contribution in [-0.4, -0.2) is 80.1 Å². The van der Waals surface area contributed by atoms with E-state index in [2.05, 4.69) is 0 Å². The number of carbonyl (C=O) groups excluding carboxylic acids is 1. The van der Waals surface area contributed by atoms with Gasteiger partial charge in [-0.15, -0.1) is 0 Å². The molecule has 2 aromatic carbocycles. The van der Waals surface area contributed by atoms with E-state index < -0.39 is 43.1 Å². The molecule has 2 heterocycles. The molecular formula is C25H27NO9. The third-order valence-corrected chi connectivity index (χ3v) is 6.45. The van der Waals surface area contributed by atoms with E-state index >= 15 is 0 Å². The van der Waals surface area contributed by atoms with Gasteiger partial charge in [0.2, 0.25) is 0 Å². The molecule has 1 aliphatic rings. The molecule has 0 unspecified atom stereocenters. The third kappa shape index (κ3) is 4.42. The van der Waals surface area contributed by atoms with Gasteiger partial charge in [-0.25, -0.2) is 0 Å². The van der Waals surface area contributed by atoms with Crippen LogP contribution in [0.5, 0.6) is 5.75 Å².